The van der Waals surface area contributed by atoms with Crippen LogP contribution in [0, 0.1) is 20.8 Å². The second-order valence-electron chi connectivity index (χ2n) is 4.01. The number of hydrogen-bond donors (Lipinski definition) is 0. The number of rotatable bonds is 2. The predicted octanol–water partition coefficient (Wildman–Crippen LogP) is 5.68. The zero-order valence-electron chi connectivity index (χ0n) is 10.3. The quantitative estimate of drug-likeness (QED) is 0.611. The molecule has 0 radical (unpaired) electrons. The number of aryl methyl sites for hydroxylation is 1. The van der Waals surface area contributed by atoms with Gasteiger partial charge in [-0.15, -0.1) is 0 Å². The van der Waals surface area contributed by atoms with E-state index >= 15 is 0 Å². The second kappa shape index (κ2) is 5.50. The Balaban J connectivity index is 3.67. The minimum absolute atomic E-state index is 0.00306. The van der Waals surface area contributed by atoms with Crippen molar-refractivity contribution in [3.63, 3.8) is 0 Å². The van der Waals surface area contributed by atoms with E-state index in [0.717, 1.165) is 6.07 Å². The molecule has 0 amide bonds. The smallest absolute Gasteiger partial charge is 0.200 e. The molecular formula is C13H10F6. The molecule has 0 atom stereocenters. The van der Waals surface area contributed by atoms with Gasteiger partial charge in [-0.1, -0.05) is 0 Å². The lowest BCUT2D eigenvalue weighted by Gasteiger charge is -2.14. The van der Waals surface area contributed by atoms with E-state index in [1.54, 1.807) is 0 Å². The van der Waals surface area contributed by atoms with E-state index in [4.69, 9.17) is 0 Å². The highest BCUT2D eigenvalue weighted by atomic mass is 19.3. The summed E-state index contributed by atoms with van der Waals surface area (Å²) in [6.45, 7) is 3.78. The molecule has 0 aromatic heterocycles. The molecule has 6 heteroatoms. The van der Waals surface area contributed by atoms with Crippen molar-refractivity contribution in [3.05, 3.63) is 46.0 Å². The van der Waals surface area contributed by atoms with Crippen molar-refractivity contribution in [2.75, 3.05) is 0 Å². The van der Waals surface area contributed by atoms with E-state index in [1.807, 2.05) is 0 Å². The minimum atomic E-state index is -2.51. The first kappa shape index (κ1) is 15.3. The fraction of sp³-hybridized carbons (Fsp3) is 0.231. The maximum absolute atomic E-state index is 13.3. The Kier molecular flexibility index (Phi) is 4.44. The number of hydrogen-bond acceptors (Lipinski definition) is 0. The van der Waals surface area contributed by atoms with Crippen molar-refractivity contribution in [3.8, 4) is 0 Å². The number of halogens is 6. The molecule has 0 aliphatic rings. The first-order valence-corrected chi connectivity index (χ1v) is 5.21. The van der Waals surface area contributed by atoms with E-state index in [-0.39, 0.29) is 16.7 Å². The lowest BCUT2D eigenvalue weighted by molar-refractivity contribution is 0.409. The molecule has 0 nitrogen and oxygen atoms in total. The van der Waals surface area contributed by atoms with Crippen LogP contribution in [0.25, 0.3) is 11.7 Å². The summed E-state index contributed by atoms with van der Waals surface area (Å²) in [5, 5.41) is 0. The van der Waals surface area contributed by atoms with Gasteiger partial charge < -0.3 is 0 Å². The molecule has 0 aliphatic heterocycles. The fourth-order valence-electron chi connectivity index (χ4n) is 1.84. The molecule has 0 bridgehead atoms. The summed E-state index contributed by atoms with van der Waals surface area (Å²) in [7, 11) is 0. The summed E-state index contributed by atoms with van der Waals surface area (Å²) in [5.74, 6) is -3.46. The largest absolute Gasteiger partial charge is 0.306 e. The van der Waals surface area contributed by atoms with Crippen molar-refractivity contribution in [2.45, 2.75) is 20.8 Å². The third kappa shape index (κ3) is 2.83. The Morgan fingerprint density at radius 1 is 0.737 bits per heavy atom. The summed E-state index contributed by atoms with van der Waals surface area (Å²) in [4.78, 5) is 0. The summed E-state index contributed by atoms with van der Waals surface area (Å²) in [6.07, 6.45) is -5.02. The molecule has 19 heavy (non-hydrogen) atoms. The van der Waals surface area contributed by atoms with Gasteiger partial charge in [0, 0.05) is 11.1 Å². The van der Waals surface area contributed by atoms with E-state index in [9.17, 15) is 26.3 Å². The Bertz CT molecular complexity index is 575. The van der Waals surface area contributed by atoms with E-state index in [2.05, 4.69) is 0 Å². The van der Waals surface area contributed by atoms with Crippen LogP contribution in [-0.4, -0.2) is 0 Å². The Morgan fingerprint density at radius 2 is 1.21 bits per heavy atom. The van der Waals surface area contributed by atoms with E-state index < -0.39 is 34.9 Å². The summed E-state index contributed by atoms with van der Waals surface area (Å²) in [6, 6.07) is 0.925. The lowest BCUT2D eigenvalue weighted by Crippen LogP contribution is -1.99. The molecule has 104 valence electrons. The predicted molar refractivity (Wildman–Crippen MR) is 61.1 cm³/mol. The van der Waals surface area contributed by atoms with Crippen LogP contribution in [-0.2, 0) is 0 Å². The van der Waals surface area contributed by atoms with Crippen molar-refractivity contribution in [1.82, 2.24) is 0 Å². The maximum atomic E-state index is 13.3. The first-order valence-electron chi connectivity index (χ1n) is 5.21. The van der Waals surface area contributed by atoms with Crippen molar-refractivity contribution < 1.29 is 26.3 Å². The monoisotopic (exact) mass is 280 g/mol. The van der Waals surface area contributed by atoms with Crippen LogP contribution in [0.15, 0.2) is 18.2 Å². The zero-order valence-corrected chi connectivity index (χ0v) is 10.3. The van der Waals surface area contributed by atoms with Gasteiger partial charge >= 0.3 is 12.2 Å². The first-order chi connectivity index (χ1) is 8.68. The minimum Gasteiger partial charge on any atom is -0.200 e. The van der Waals surface area contributed by atoms with Crippen LogP contribution in [0.3, 0.4) is 0 Å². The Hall–Kier alpha value is -1.72. The van der Waals surface area contributed by atoms with Gasteiger partial charge in [-0.2, -0.15) is 17.6 Å². The zero-order chi connectivity index (χ0) is 14.9. The van der Waals surface area contributed by atoms with Crippen LogP contribution >= 0.6 is 0 Å². The molecular weight excluding hydrogens is 270 g/mol. The van der Waals surface area contributed by atoms with Gasteiger partial charge in [-0.05, 0) is 43.5 Å². The van der Waals surface area contributed by atoms with Crippen molar-refractivity contribution >= 4 is 11.7 Å². The summed E-state index contributed by atoms with van der Waals surface area (Å²) in [5.41, 5.74) is -0.877. The SMILES string of the molecule is Cc1cc(C(F)=C(F)F)c(C)c(C)c1C(F)=C(F)F. The molecule has 0 saturated carbocycles. The maximum Gasteiger partial charge on any atom is 0.306 e. The summed E-state index contributed by atoms with van der Waals surface area (Å²) < 4.78 is 75.7. The molecule has 0 saturated heterocycles. The van der Waals surface area contributed by atoms with Gasteiger partial charge in [-0.3, -0.25) is 0 Å². The van der Waals surface area contributed by atoms with E-state index in [0.29, 0.717) is 0 Å². The fourth-order valence-corrected chi connectivity index (χ4v) is 1.84. The second-order valence-corrected chi connectivity index (χ2v) is 4.01. The molecule has 0 aliphatic carbocycles. The van der Waals surface area contributed by atoms with Crippen LogP contribution in [0.2, 0.25) is 0 Å². The molecule has 0 N–H and O–H groups in total. The van der Waals surface area contributed by atoms with Gasteiger partial charge in [0.25, 0.3) is 0 Å². The van der Waals surface area contributed by atoms with Gasteiger partial charge in [0.1, 0.15) is 0 Å². The molecule has 0 fully saturated rings. The Labute approximate surface area is 106 Å². The van der Waals surface area contributed by atoms with Crippen LogP contribution in [0.4, 0.5) is 26.3 Å². The summed E-state index contributed by atoms with van der Waals surface area (Å²) >= 11 is 0. The van der Waals surface area contributed by atoms with Gasteiger partial charge in [0.05, 0.1) is 0 Å². The highest BCUT2D eigenvalue weighted by molar-refractivity contribution is 5.73. The molecule has 1 aromatic rings. The lowest BCUT2D eigenvalue weighted by atomic mass is 9.92. The molecule has 0 spiro atoms. The molecule has 1 rings (SSSR count). The standard InChI is InChI=1S/C13H10F6/c1-5-4-8(10(14)12(16)17)6(2)7(3)9(5)11(15)13(18)19/h4H,1-3H3. The average molecular weight is 280 g/mol. The third-order valence-electron chi connectivity index (χ3n) is 2.88. The van der Waals surface area contributed by atoms with E-state index in [1.165, 1.54) is 20.8 Å². The molecule has 0 heterocycles. The molecule has 0 unspecified atom stereocenters. The van der Waals surface area contributed by atoms with Crippen molar-refractivity contribution in [1.29, 1.82) is 0 Å². The number of benzene rings is 1. The topological polar surface area (TPSA) is 0 Å². The van der Waals surface area contributed by atoms with Crippen LogP contribution in [0.5, 0.6) is 0 Å². The van der Waals surface area contributed by atoms with Gasteiger partial charge in [0.15, 0.2) is 11.7 Å². The molecule has 1 aromatic carbocycles. The highest BCUT2D eigenvalue weighted by Crippen LogP contribution is 2.35. The van der Waals surface area contributed by atoms with Gasteiger partial charge in [-0.25, -0.2) is 8.78 Å². The van der Waals surface area contributed by atoms with Crippen molar-refractivity contribution in [2.24, 2.45) is 0 Å². The third-order valence-corrected chi connectivity index (χ3v) is 2.88. The highest BCUT2D eigenvalue weighted by Gasteiger charge is 2.20. The Morgan fingerprint density at radius 3 is 1.63 bits per heavy atom. The normalized spacial score (nSPS) is 10.4. The van der Waals surface area contributed by atoms with Crippen LogP contribution < -0.4 is 0 Å². The van der Waals surface area contributed by atoms with Gasteiger partial charge in [0.2, 0.25) is 0 Å². The average Bonchev–Trinajstić information content (AvgIpc) is 2.32. The van der Waals surface area contributed by atoms with Crippen LogP contribution in [0.1, 0.15) is 27.8 Å².